The molecule has 0 aromatic heterocycles. The zero-order valence-corrected chi connectivity index (χ0v) is 23.0. The Labute approximate surface area is 220 Å². The van der Waals surface area contributed by atoms with Gasteiger partial charge in [-0.2, -0.15) is 0 Å². The Bertz CT molecular complexity index is 1010. The van der Waals surface area contributed by atoms with Crippen LogP contribution in [0.15, 0.2) is 18.2 Å². The van der Waals surface area contributed by atoms with Crippen LogP contribution in [0.2, 0.25) is 0 Å². The van der Waals surface area contributed by atoms with Crippen LogP contribution in [0, 0.1) is 5.41 Å². The van der Waals surface area contributed by atoms with Crippen molar-refractivity contribution < 1.29 is 19.1 Å². The first-order valence-electron chi connectivity index (χ1n) is 13.6. The Hall–Kier alpha value is -2.49. The predicted octanol–water partition coefficient (Wildman–Crippen LogP) is 1.60. The Kier molecular flexibility index (Phi) is 8.26. The molecule has 9 heteroatoms. The van der Waals surface area contributed by atoms with Crippen molar-refractivity contribution in [2.75, 3.05) is 57.8 Å². The highest BCUT2D eigenvalue weighted by Gasteiger charge is 2.53. The minimum absolute atomic E-state index is 0.0211. The molecule has 0 aliphatic carbocycles. The number of primary amides is 1. The number of piperazine rings is 1. The molecule has 3 N–H and O–H groups in total. The quantitative estimate of drug-likeness (QED) is 0.544. The molecular weight excluding hydrogens is 470 g/mol. The lowest BCUT2D eigenvalue weighted by atomic mass is 9.79. The minimum Gasteiger partial charge on any atom is -0.369 e. The molecule has 0 radical (unpaired) electrons. The maximum absolute atomic E-state index is 14.3. The third kappa shape index (κ3) is 5.84. The van der Waals surface area contributed by atoms with Crippen molar-refractivity contribution in [2.45, 2.75) is 64.6 Å². The smallest absolute Gasteiger partial charge is 0.249 e. The second-order valence-electron chi connectivity index (χ2n) is 11.9. The van der Waals surface area contributed by atoms with Crippen molar-refractivity contribution >= 4 is 23.3 Å². The van der Waals surface area contributed by atoms with Gasteiger partial charge in [-0.25, -0.2) is 0 Å². The summed E-state index contributed by atoms with van der Waals surface area (Å²) in [6, 6.07) is 4.98. The average molecular weight is 514 g/mol. The van der Waals surface area contributed by atoms with Gasteiger partial charge in [0.1, 0.15) is 18.8 Å². The number of benzene rings is 1. The van der Waals surface area contributed by atoms with Gasteiger partial charge in [0.25, 0.3) is 0 Å². The van der Waals surface area contributed by atoms with E-state index >= 15 is 0 Å². The van der Waals surface area contributed by atoms with Crippen LogP contribution >= 0.6 is 0 Å². The number of likely N-dealkylation sites (N-methyl/N-ethyl adjacent to an activating group) is 1. The van der Waals surface area contributed by atoms with E-state index in [1.807, 2.05) is 19.2 Å². The molecule has 2 amide bonds. The first-order valence-corrected chi connectivity index (χ1v) is 13.6. The molecule has 37 heavy (non-hydrogen) atoms. The van der Waals surface area contributed by atoms with Gasteiger partial charge in [-0.15, -0.1) is 0 Å². The number of nitrogens with zero attached hydrogens (tertiary/aromatic N) is 3. The number of rotatable bonds is 8. The van der Waals surface area contributed by atoms with Crippen molar-refractivity contribution in [2.24, 2.45) is 11.1 Å². The van der Waals surface area contributed by atoms with Gasteiger partial charge in [-0.1, -0.05) is 27.7 Å². The number of carbonyl (C=O) groups is 3. The highest BCUT2D eigenvalue weighted by molar-refractivity contribution is 5.99. The van der Waals surface area contributed by atoms with E-state index in [2.05, 4.69) is 42.8 Å². The molecule has 3 saturated heterocycles. The Morgan fingerprint density at radius 1 is 1.19 bits per heavy atom. The summed E-state index contributed by atoms with van der Waals surface area (Å²) in [5.74, 6) is -1.37. The molecule has 3 aliphatic rings. The number of nitrogens with two attached hydrogens (primary N) is 1. The van der Waals surface area contributed by atoms with E-state index < -0.39 is 17.9 Å². The normalized spacial score (nSPS) is 25.4. The third-order valence-corrected chi connectivity index (χ3v) is 7.91. The second-order valence-corrected chi connectivity index (χ2v) is 11.9. The molecule has 0 bridgehead atoms. The lowest BCUT2D eigenvalue weighted by Gasteiger charge is -2.37. The van der Waals surface area contributed by atoms with Crippen LogP contribution in [0.1, 0.15) is 62.4 Å². The largest absolute Gasteiger partial charge is 0.369 e. The van der Waals surface area contributed by atoms with Crippen molar-refractivity contribution in [1.82, 2.24) is 15.1 Å². The number of anilines is 1. The highest BCUT2D eigenvalue weighted by Crippen LogP contribution is 2.39. The molecule has 4 atom stereocenters. The van der Waals surface area contributed by atoms with Crippen LogP contribution in [0.5, 0.6) is 0 Å². The highest BCUT2D eigenvalue weighted by atomic mass is 16.5. The summed E-state index contributed by atoms with van der Waals surface area (Å²) in [5, 5.41) is 3.21. The van der Waals surface area contributed by atoms with Gasteiger partial charge in [0, 0.05) is 44.0 Å². The topological polar surface area (TPSA) is 108 Å². The van der Waals surface area contributed by atoms with E-state index in [-0.39, 0.29) is 35.9 Å². The van der Waals surface area contributed by atoms with Gasteiger partial charge >= 0.3 is 0 Å². The summed E-state index contributed by atoms with van der Waals surface area (Å²) in [5.41, 5.74) is 7.65. The van der Waals surface area contributed by atoms with E-state index in [0.29, 0.717) is 24.1 Å². The zero-order chi connectivity index (χ0) is 26.9. The number of fused-ring (bicyclic) bond motifs is 1. The fourth-order valence-corrected chi connectivity index (χ4v) is 6.09. The van der Waals surface area contributed by atoms with Gasteiger partial charge in [0.15, 0.2) is 5.78 Å². The molecule has 4 rings (SSSR count). The number of ketones is 1. The van der Waals surface area contributed by atoms with E-state index in [9.17, 15) is 14.4 Å². The van der Waals surface area contributed by atoms with Crippen molar-refractivity contribution in [3.63, 3.8) is 0 Å². The fraction of sp³-hybridized carbons (Fsp3) is 0.679. The third-order valence-electron chi connectivity index (χ3n) is 7.91. The van der Waals surface area contributed by atoms with Gasteiger partial charge < -0.3 is 25.6 Å². The van der Waals surface area contributed by atoms with Crippen LogP contribution < -0.4 is 16.0 Å². The average Bonchev–Trinajstić information content (AvgIpc) is 3.42. The maximum atomic E-state index is 14.3. The first-order chi connectivity index (χ1) is 17.5. The van der Waals surface area contributed by atoms with Crippen LogP contribution in [-0.4, -0.2) is 98.5 Å². The molecule has 3 aliphatic heterocycles. The number of Topliss-reactive ketones (excluding diaryl/α,β-unsaturated/α-hetero) is 1. The molecule has 3 fully saturated rings. The van der Waals surface area contributed by atoms with Crippen molar-refractivity contribution in [3.05, 3.63) is 29.3 Å². The van der Waals surface area contributed by atoms with Crippen LogP contribution in [-0.2, 0) is 14.3 Å². The van der Waals surface area contributed by atoms with E-state index in [0.717, 1.165) is 44.8 Å². The summed E-state index contributed by atoms with van der Waals surface area (Å²) in [6.45, 7) is 13.7. The molecule has 9 nitrogen and oxygen atoms in total. The maximum Gasteiger partial charge on any atom is 0.249 e. The number of ether oxygens (including phenoxy) is 1. The molecule has 3 heterocycles. The Balaban J connectivity index is 1.70. The van der Waals surface area contributed by atoms with Gasteiger partial charge in [0.2, 0.25) is 11.8 Å². The molecule has 0 saturated carbocycles. The summed E-state index contributed by atoms with van der Waals surface area (Å²) in [7, 11) is 1.82. The second kappa shape index (κ2) is 11.1. The Morgan fingerprint density at radius 2 is 1.89 bits per heavy atom. The molecule has 0 spiro atoms. The van der Waals surface area contributed by atoms with Gasteiger partial charge in [-0.3, -0.25) is 19.3 Å². The summed E-state index contributed by atoms with van der Waals surface area (Å²) < 4.78 is 5.76. The number of amides is 2. The molecular formula is C28H43N5O4. The van der Waals surface area contributed by atoms with Crippen molar-refractivity contribution in [1.29, 1.82) is 0 Å². The first kappa shape index (κ1) is 27.5. The molecule has 204 valence electrons. The van der Waals surface area contributed by atoms with Gasteiger partial charge in [-0.05, 0) is 55.6 Å². The summed E-state index contributed by atoms with van der Waals surface area (Å²) in [6.07, 6.45) is 1.31. The van der Waals surface area contributed by atoms with Crippen LogP contribution in [0.3, 0.4) is 0 Å². The number of nitrogens with one attached hydrogen (secondary N) is 1. The lowest BCUT2D eigenvalue weighted by Crippen LogP contribution is -2.46. The van der Waals surface area contributed by atoms with Crippen LogP contribution in [0.25, 0.3) is 0 Å². The molecule has 0 unspecified atom stereocenters. The monoisotopic (exact) mass is 513 g/mol. The number of likely N-dealkylation sites (tertiary alicyclic amines) is 1. The van der Waals surface area contributed by atoms with Crippen molar-refractivity contribution in [3.8, 4) is 0 Å². The number of hydrogen-bond donors (Lipinski definition) is 2. The van der Waals surface area contributed by atoms with E-state index in [1.165, 1.54) is 0 Å². The predicted molar refractivity (Wildman–Crippen MR) is 144 cm³/mol. The molecule has 1 aromatic rings. The fourth-order valence-electron chi connectivity index (χ4n) is 6.09. The lowest BCUT2D eigenvalue weighted by molar-refractivity contribution is -0.138. The summed E-state index contributed by atoms with van der Waals surface area (Å²) in [4.78, 5) is 46.0. The molecule has 1 aromatic carbocycles. The van der Waals surface area contributed by atoms with E-state index in [4.69, 9.17) is 10.5 Å². The standard InChI is InChI=1S/C28H43N5O4/c1-6-9-31-10-12-32(13-11-31)18-7-8-19(26(29)35)20(14-18)21(15-28(2,3)4)27(36)33-16-22(30-5)25-24(33)23(34)17-37-25/h7-8,14,21-22,24-25,30H,6,9-13,15-17H2,1-5H3,(H2,29,35)/t21-,22-,24+,25+/m0/s1. The minimum atomic E-state index is -0.603. The summed E-state index contributed by atoms with van der Waals surface area (Å²) >= 11 is 0. The zero-order valence-electron chi connectivity index (χ0n) is 23.0. The van der Waals surface area contributed by atoms with Crippen LogP contribution in [0.4, 0.5) is 5.69 Å². The Morgan fingerprint density at radius 3 is 2.49 bits per heavy atom. The number of carbonyl (C=O) groups excluding carboxylic acids is 3. The SMILES string of the molecule is CCCN1CCN(c2ccc(C(N)=O)c([C@H](CC(C)(C)C)C(=O)N3C[C@H](NC)[C@H]4OCC(=O)[C@H]43)c2)CC1. The number of hydrogen-bond acceptors (Lipinski definition) is 7. The van der Waals surface area contributed by atoms with Gasteiger partial charge in [0.05, 0.1) is 12.0 Å². The van der Waals surface area contributed by atoms with E-state index in [1.54, 1.807) is 11.0 Å².